The molecule has 2 aromatic rings. The molecule has 0 saturated heterocycles. The van der Waals surface area contributed by atoms with Crippen LogP contribution >= 0.6 is 0 Å². The molecule has 2 aromatic heterocycles. The number of nitrogens with zero attached hydrogens (tertiary/aromatic N) is 4. The maximum Gasteiger partial charge on any atom is 0.228 e. The highest BCUT2D eigenvalue weighted by Gasteiger charge is 2.16. The van der Waals surface area contributed by atoms with Gasteiger partial charge in [-0.2, -0.15) is 5.10 Å². The molecule has 7 heteroatoms. The van der Waals surface area contributed by atoms with Crippen molar-refractivity contribution in [2.75, 3.05) is 20.3 Å². The van der Waals surface area contributed by atoms with Gasteiger partial charge in [0.05, 0.1) is 32.0 Å². The summed E-state index contributed by atoms with van der Waals surface area (Å²) in [6.07, 6.45) is 5.43. The molecule has 2 heterocycles. The van der Waals surface area contributed by atoms with E-state index in [-0.39, 0.29) is 25.5 Å². The lowest BCUT2D eigenvalue weighted by molar-refractivity contribution is -0.131. The van der Waals surface area contributed by atoms with Crippen molar-refractivity contribution in [1.29, 1.82) is 0 Å². The molecule has 0 spiro atoms. The van der Waals surface area contributed by atoms with Gasteiger partial charge in [0.25, 0.3) is 0 Å². The largest absolute Gasteiger partial charge is 0.497 e. The minimum atomic E-state index is -0.0935. The third-order valence-electron chi connectivity index (χ3n) is 3.46. The van der Waals surface area contributed by atoms with Crippen LogP contribution in [-0.4, -0.2) is 50.9 Å². The average Bonchev–Trinajstić information content (AvgIpc) is 3.02. The predicted octanol–water partition coefficient (Wildman–Crippen LogP) is 0.870. The van der Waals surface area contributed by atoms with Crippen molar-refractivity contribution in [3.05, 3.63) is 42.0 Å². The van der Waals surface area contributed by atoms with E-state index < -0.39 is 0 Å². The molecule has 0 fully saturated rings. The highest BCUT2D eigenvalue weighted by molar-refractivity contribution is 5.78. The van der Waals surface area contributed by atoms with Gasteiger partial charge in [-0.3, -0.25) is 14.5 Å². The fraction of sp³-hybridized carbons (Fsp3) is 0.438. The molecule has 0 aliphatic heterocycles. The molecular formula is C16H22N4O3. The van der Waals surface area contributed by atoms with E-state index in [0.29, 0.717) is 18.0 Å². The third kappa shape index (κ3) is 4.79. The van der Waals surface area contributed by atoms with E-state index in [0.717, 1.165) is 12.1 Å². The summed E-state index contributed by atoms with van der Waals surface area (Å²) in [7, 11) is 1.57. The van der Waals surface area contributed by atoms with E-state index in [9.17, 15) is 9.90 Å². The highest BCUT2D eigenvalue weighted by atomic mass is 16.5. The van der Waals surface area contributed by atoms with Gasteiger partial charge < -0.3 is 14.7 Å². The van der Waals surface area contributed by atoms with Gasteiger partial charge in [-0.15, -0.1) is 0 Å². The average molecular weight is 318 g/mol. The Morgan fingerprint density at radius 1 is 1.48 bits per heavy atom. The van der Waals surface area contributed by atoms with Gasteiger partial charge in [-0.25, -0.2) is 0 Å². The van der Waals surface area contributed by atoms with E-state index in [1.165, 1.54) is 0 Å². The summed E-state index contributed by atoms with van der Waals surface area (Å²) in [5.41, 5.74) is 1.58. The number of aliphatic hydroxyl groups is 1. The molecule has 0 saturated carbocycles. The van der Waals surface area contributed by atoms with Crippen LogP contribution in [0.3, 0.4) is 0 Å². The Balaban J connectivity index is 2.04. The van der Waals surface area contributed by atoms with Gasteiger partial charge >= 0.3 is 0 Å². The molecule has 0 aromatic carbocycles. The molecule has 23 heavy (non-hydrogen) atoms. The number of hydrogen-bond acceptors (Lipinski definition) is 5. The van der Waals surface area contributed by atoms with Crippen molar-refractivity contribution in [1.82, 2.24) is 19.7 Å². The lowest BCUT2D eigenvalue weighted by Gasteiger charge is -2.21. The molecule has 0 aliphatic rings. The lowest BCUT2D eigenvalue weighted by Crippen LogP contribution is -2.34. The first-order valence-electron chi connectivity index (χ1n) is 7.55. The zero-order valence-electron chi connectivity index (χ0n) is 13.5. The van der Waals surface area contributed by atoms with Crippen molar-refractivity contribution in [2.45, 2.75) is 26.4 Å². The van der Waals surface area contributed by atoms with Gasteiger partial charge in [0.2, 0.25) is 5.91 Å². The van der Waals surface area contributed by atoms with Gasteiger partial charge in [0, 0.05) is 43.7 Å². The van der Waals surface area contributed by atoms with Crippen molar-refractivity contribution >= 4 is 5.91 Å². The Bertz CT molecular complexity index is 642. The van der Waals surface area contributed by atoms with Crippen LogP contribution in [0.2, 0.25) is 0 Å². The summed E-state index contributed by atoms with van der Waals surface area (Å²) in [6, 6.07) is 3.47. The second-order valence-corrected chi connectivity index (χ2v) is 5.11. The Kier molecular flexibility index (Phi) is 6.10. The Hall–Kier alpha value is -2.41. The Morgan fingerprint density at radius 2 is 2.30 bits per heavy atom. The topological polar surface area (TPSA) is 80.5 Å². The maximum atomic E-state index is 12.5. The molecule has 7 nitrogen and oxygen atoms in total. The molecule has 0 aliphatic carbocycles. The molecule has 1 amide bonds. The molecular weight excluding hydrogens is 296 g/mol. The van der Waals surface area contributed by atoms with Gasteiger partial charge in [0.15, 0.2) is 0 Å². The van der Waals surface area contributed by atoms with Crippen LogP contribution < -0.4 is 4.74 Å². The van der Waals surface area contributed by atoms with Crippen LogP contribution in [0.4, 0.5) is 0 Å². The fourth-order valence-corrected chi connectivity index (χ4v) is 2.24. The first-order chi connectivity index (χ1) is 11.2. The van der Waals surface area contributed by atoms with E-state index in [2.05, 4.69) is 10.1 Å². The minimum Gasteiger partial charge on any atom is -0.497 e. The van der Waals surface area contributed by atoms with Crippen LogP contribution in [0.1, 0.15) is 18.2 Å². The number of carbonyl (C=O) groups is 1. The smallest absolute Gasteiger partial charge is 0.228 e. The van der Waals surface area contributed by atoms with Gasteiger partial charge in [-0.05, 0) is 13.0 Å². The quantitative estimate of drug-likeness (QED) is 0.781. The number of hydrogen-bond donors (Lipinski definition) is 1. The molecule has 0 unspecified atom stereocenters. The van der Waals surface area contributed by atoms with Gasteiger partial charge in [-0.1, -0.05) is 0 Å². The van der Waals surface area contributed by atoms with E-state index in [1.807, 2.05) is 13.1 Å². The van der Waals surface area contributed by atoms with Crippen LogP contribution in [0, 0.1) is 0 Å². The number of amides is 1. The van der Waals surface area contributed by atoms with Crippen LogP contribution in [0.25, 0.3) is 0 Å². The molecule has 0 atom stereocenters. The van der Waals surface area contributed by atoms with Gasteiger partial charge in [0.1, 0.15) is 5.75 Å². The predicted molar refractivity (Wildman–Crippen MR) is 84.9 cm³/mol. The molecule has 0 bridgehead atoms. The second-order valence-electron chi connectivity index (χ2n) is 5.11. The Labute approximate surface area is 135 Å². The number of aryl methyl sites for hydroxylation is 1. The van der Waals surface area contributed by atoms with Crippen LogP contribution in [0.15, 0.2) is 30.7 Å². The maximum absolute atomic E-state index is 12.5. The van der Waals surface area contributed by atoms with E-state index in [1.54, 1.807) is 41.2 Å². The second kappa shape index (κ2) is 8.28. The van der Waals surface area contributed by atoms with Crippen molar-refractivity contribution < 1.29 is 14.6 Å². The summed E-state index contributed by atoms with van der Waals surface area (Å²) in [6.45, 7) is 3.40. The van der Waals surface area contributed by atoms with Crippen LogP contribution in [0.5, 0.6) is 5.75 Å². The van der Waals surface area contributed by atoms with E-state index in [4.69, 9.17) is 4.74 Å². The zero-order chi connectivity index (χ0) is 16.7. The fourth-order valence-electron chi connectivity index (χ4n) is 2.24. The number of pyridine rings is 1. The zero-order valence-corrected chi connectivity index (χ0v) is 13.5. The normalized spacial score (nSPS) is 10.6. The number of aliphatic hydroxyl groups excluding tert-OH is 1. The number of carbonyl (C=O) groups excluding carboxylic acids is 1. The van der Waals surface area contributed by atoms with Crippen molar-refractivity contribution in [3.8, 4) is 5.75 Å². The monoisotopic (exact) mass is 318 g/mol. The SMILES string of the molecule is CCn1cc(CN(CCO)C(=O)Cc2cc(OC)ccn2)cn1. The summed E-state index contributed by atoms with van der Waals surface area (Å²) in [5, 5.41) is 13.4. The third-order valence-corrected chi connectivity index (χ3v) is 3.46. The Morgan fingerprint density at radius 3 is 2.96 bits per heavy atom. The summed E-state index contributed by atoms with van der Waals surface area (Å²) < 4.78 is 6.95. The molecule has 1 N–H and O–H groups in total. The number of aromatic nitrogens is 3. The molecule has 124 valence electrons. The summed E-state index contributed by atoms with van der Waals surface area (Å²) in [5.74, 6) is 0.574. The van der Waals surface area contributed by atoms with Crippen molar-refractivity contribution in [3.63, 3.8) is 0 Å². The highest BCUT2D eigenvalue weighted by Crippen LogP contribution is 2.12. The summed E-state index contributed by atoms with van der Waals surface area (Å²) in [4.78, 5) is 18.3. The molecule has 2 rings (SSSR count). The first-order valence-corrected chi connectivity index (χ1v) is 7.55. The van der Waals surface area contributed by atoms with Crippen LogP contribution in [-0.2, 0) is 24.3 Å². The standard InChI is InChI=1S/C16H22N4O3/c1-3-20-12-13(10-18-20)11-19(6-7-21)16(22)9-14-8-15(23-2)4-5-17-14/h4-5,8,10,12,21H,3,6-7,9,11H2,1-2H3. The number of rotatable bonds is 8. The lowest BCUT2D eigenvalue weighted by atomic mass is 10.2. The molecule has 0 radical (unpaired) electrons. The number of ether oxygens (including phenoxy) is 1. The number of methoxy groups -OCH3 is 1. The van der Waals surface area contributed by atoms with Crippen molar-refractivity contribution in [2.24, 2.45) is 0 Å². The first kappa shape index (κ1) is 17.0. The van der Waals surface area contributed by atoms with E-state index >= 15 is 0 Å². The summed E-state index contributed by atoms with van der Waals surface area (Å²) >= 11 is 0. The minimum absolute atomic E-state index is 0.0841.